The number of hydrogen-bond donors (Lipinski definition) is 1. The van der Waals surface area contributed by atoms with Gasteiger partial charge in [-0.3, -0.25) is 4.79 Å². The lowest BCUT2D eigenvalue weighted by Gasteiger charge is -2.14. The van der Waals surface area contributed by atoms with Crippen LogP contribution in [0.25, 0.3) is 0 Å². The number of esters is 1. The number of aliphatic carboxylic acids is 1. The molecule has 1 N–H and O–H groups in total. The van der Waals surface area contributed by atoms with Crippen molar-refractivity contribution in [2.24, 2.45) is 0 Å². The van der Waals surface area contributed by atoms with Crippen LogP contribution in [0.5, 0.6) is 11.5 Å². The molecule has 6 nitrogen and oxygen atoms in total. The van der Waals surface area contributed by atoms with Gasteiger partial charge in [-0.05, 0) is 6.07 Å². The van der Waals surface area contributed by atoms with Crippen LogP contribution in [0.2, 0.25) is 0 Å². The Hall–Kier alpha value is -2.24. The maximum absolute atomic E-state index is 11.1. The number of para-hydroxylation sites is 1. The molecule has 1 heterocycles. The fourth-order valence-electron chi connectivity index (χ4n) is 1.57. The summed E-state index contributed by atoms with van der Waals surface area (Å²) in [4.78, 5) is 21.9. The van der Waals surface area contributed by atoms with E-state index in [1.165, 1.54) is 6.07 Å². The van der Waals surface area contributed by atoms with Gasteiger partial charge in [-0.2, -0.15) is 0 Å². The highest BCUT2D eigenvalue weighted by atomic mass is 16.7. The van der Waals surface area contributed by atoms with Crippen LogP contribution in [0.4, 0.5) is 0 Å². The monoisotopic (exact) mass is 238 g/mol. The quantitative estimate of drug-likeness (QED) is 0.794. The summed E-state index contributed by atoms with van der Waals surface area (Å²) < 4.78 is 15.0. The molecule has 0 amide bonds. The number of hydrogen-bond acceptors (Lipinski definition) is 5. The van der Waals surface area contributed by atoms with Crippen LogP contribution in [0, 0.1) is 0 Å². The Kier molecular flexibility index (Phi) is 2.86. The van der Waals surface area contributed by atoms with E-state index in [-0.39, 0.29) is 12.4 Å². The van der Waals surface area contributed by atoms with E-state index < -0.39 is 18.0 Å². The minimum absolute atomic E-state index is 0.0265. The highest BCUT2D eigenvalue weighted by Crippen LogP contribution is 2.39. The van der Waals surface area contributed by atoms with Crippen LogP contribution < -0.4 is 9.47 Å². The lowest BCUT2D eigenvalue weighted by Crippen LogP contribution is -2.18. The van der Waals surface area contributed by atoms with Crippen molar-refractivity contribution >= 4 is 11.9 Å². The van der Waals surface area contributed by atoms with Crippen LogP contribution in [-0.4, -0.2) is 23.8 Å². The van der Waals surface area contributed by atoms with Gasteiger partial charge in [0.05, 0.1) is 0 Å². The lowest BCUT2D eigenvalue weighted by molar-refractivity contribution is -0.163. The Morgan fingerprint density at radius 2 is 2.18 bits per heavy atom. The number of benzene rings is 1. The summed E-state index contributed by atoms with van der Waals surface area (Å²) in [5, 5.41) is 9.03. The van der Waals surface area contributed by atoms with E-state index in [4.69, 9.17) is 19.3 Å². The van der Waals surface area contributed by atoms with Crippen molar-refractivity contribution in [3.63, 3.8) is 0 Å². The molecule has 0 saturated heterocycles. The van der Waals surface area contributed by atoms with E-state index in [1.54, 1.807) is 12.1 Å². The Morgan fingerprint density at radius 3 is 2.82 bits per heavy atom. The highest BCUT2D eigenvalue weighted by molar-refractivity contribution is 5.80. The van der Waals surface area contributed by atoms with Crippen molar-refractivity contribution in [3.05, 3.63) is 23.8 Å². The number of ether oxygens (including phenoxy) is 3. The third kappa shape index (κ3) is 2.15. The highest BCUT2D eigenvalue weighted by Gasteiger charge is 2.30. The molecule has 1 aliphatic heterocycles. The third-order valence-electron chi connectivity index (χ3n) is 2.22. The lowest BCUT2D eigenvalue weighted by atomic mass is 10.1. The molecule has 90 valence electrons. The molecule has 17 heavy (non-hydrogen) atoms. The zero-order chi connectivity index (χ0) is 12.4. The topological polar surface area (TPSA) is 82.1 Å². The van der Waals surface area contributed by atoms with Crippen molar-refractivity contribution < 1.29 is 28.9 Å². The van der Waals surface area contributed by atoms with E-state index in [2.05, 4.69) is 0 Å². The van der Waals surface area contributed by atoms with Crippen LogP contribution in [0.15, 0.2) is 18.2 Å². The predicted molar refractivity (Wildman–Crippen MR) is 54.7 cm³/mol. The predicted octanol–water partition coefficient (Wildman–Crippen LogP) is 1.10. The average Bonchev–Trinajstić information content (AvgIpc) is 2.73. The van der Waals surface area contributed by atoms with Gasteiger partial charge < -0.3 is 19.3 Å². The first kappa shape index (κ1) is 11.3. The Morgan fingerprint density at radius 1 is 1.41 bits per heavy atom. The maximum Gasteiger partial charge on any atom is 0.349 e. The molecule has 0 radical (unpaired) electrons. The number of carbonyl (C=O) groups is 2. The summed E-state index contributed by atoms with van der Waals surface area (Å²) in [7, 11) is 0. The summed E-state index contributed by atoms with van der Waals surface area (Å²) in [6, 6.07) is 4.79. The van der Waals surface area contributed by atoms with Crippen LogP contribution in [-0.2, 0) is 14.3 Å². The van der Waals surface area contributed by atoms with Gasteiger partial charge in [0, 0.05) is 12.5 Å². The van der Waals surface area contributed by atoms with Crippen LogP contribution >= 0.6 is 0 Å². The molecule has 1 unspecified atom stereocenters. The fourth-order valence-corrected chi connectivity index (χ4v) is 1.57. The Labute approximate surface area is 96.7 Å². The molecule has 0 saturated carbocycles. The molecular weight excluding hydrogens is 228 g/mol. The van der Waals surface area contributed by atoms with Crippen LogP contribution in [0.1, 0.15) is 18.6 Å². The Bertz CT molecular complexity index is 467. The first-order valence-electron chi connectivity index (χ1n) is 4.88. The number of carboxylic acids is 1. The van der Waals surface area contributed by atoms with Crippen molar-refractivity contribution in [2.75, 3.05) is 6.79 Å². The van der Waals surface area contributed by atoms with E-state index in [0.717, 1.165) is 6.92 Å². The van der Waals surface area contributed by atoms with E-state index in [1.807, 2.05) is 0 Å². The zero-order valence-corrected chi connectivity index (χ0v) is 9.00. The van der Waals surface area contributed by atoms with Gasteiger partial charge in [0.25, 0.3) is 0 Å². The molecule has 6 heteroatoms. The van der Waals surface area contributed by atoms with Gasteiger partial charge in [-0.1, -0.05) is 12.1 Å². The van der Waals surface area contributed by atoms with Crippen molar-refractivity contribution in [1.82, 2.24) is 0 Å². The number of carbonyl (C=O) groups excluding carboxylic acids is 1. The van der Waals surface area contributed by atoms with E-state index in [9.17, 15) is 9.59 Å². The zero-order valence-electron chi connectivity index (χ0n) is 9.00. The van der Waals surface area contributed by atoms with E-state index in [0.29, 0.717) is 11.5 Å². The molecule has 2 rings (SSSR count). The normalized spacial score (nSPS) is 14.2. The van der Waals surface area contributed by atoms with Gasteiger partial charge in [-0.25, -0.2) is 4.79 Å². The number of fused-ring (bicyclic) bond motifs is 1. The molecule has 0 spiro atoms. The van der Waals surface area contributed by atoms with Crippen LogP contribution in [0.3, 0.4) is 0 Å². The molecule has 0 fully saturated rings. The molecule has 1 aromatic carbocycles. The van der Waals surface area contributed by atoms with Gasteiger partial charge in [-0.15, -0.1) is 0 Å². The molecule has 0 aromatic heterocycles. The fraction of sp³-hybridized carbons (Fsp3) is 0.273. The first-order chi connectivity index (χ1) is 8.09. The summed E-state index contributed by atoms with van der Waals surface area (Å²) >= 11 is 0. The summed E-state index contributed by atoms with van der Waals surface area (Å²) in [6.07, 6.45) is -1.39. The number of carboxylic acid groups (broad SMARTS) is 1. The largest absolute Gasteiger partial charge is 0.478 e. The SMILES string of the molecule is CC(=O)OC(C(=O)O)c1cccc2c1OCO2. The van der Waals surface area contributed by atoms with Gasteiger partial charge in [0.15, 0.2) is 11.5 Å². The first-order valence-corrected chi connectivity index (χ1v) is 4.88. The second-order valence-corrected chi connectivity index (χ2v) is 3.41. The van der Waals surface area contributed by atoms with Gasteiger partial charge >= 0.3 is 11.9 Å². The second kappa shape index (κ2) is 4.32. The van der Waals surface area contributed by atoms with Crippen molar-refractivity contribution in [1.29, 1.82) is 0 Å². The molecular formula is C11H10O6. The van der Waals surface area contributed by atoms with Gasteiger partial charge in [0.1, 0.15) is 0 Å². The molecule has 0 aliphatic carbocycles. The van der Waals surface area contributed by atoms with E-state index >= 15 is 0 Å². The number of rotatable bonds is 3. The average molecular weight is 238 g/mol. The van der Waals surface area contributed by atoms with Gasteiger partial charge in [0.2, 0.25) is 12.9 Å². The molecule has 1 atom stereocenters. The molecule has 1 aliphatic rings. The smallest absolute Gasteiger partial charge is 0.349 e. The summed E-state index contributed by atoms with van der Waals surface area (Å²) in [5.74, 6) is -1.18. The standard InChI is InChI=1S/C11H10O6/c1-6(12)17-10(11(13)14)7-3-2-4-8-9(7)16-5-15-8/h2-4,10H,5H2,1H3,(H,13,14). The summed E-state index contributed by atoms with van der Waals surface area (Å²) in [6.45, 7) is 1.18. The van der Waals surface area contributed by atoms with Crippen molar-refractivity contribution in [2.45, 2.75) is 13.0 Å². The Balaban J connectivity index is 2.40. The summed E-state index contributed by atoms with van der Waals surface area (Å²) in [5.41, 5.74) is 0.266. The van der Waals surface area contributed by atoms with Crippen molar-refractivity contribution in [3.8, 4) is 11.5 Å². The molecule has 1 aromatic rings. The third-order valence-corrected chi connectivity index (χ3v) is 2.22. The minimum Gasteiger partial charge on any atom is -0.478 e. The minimum atomic E-state index is -1.39. The maximum atomic E-state index is 11.1. The molecule has 0 bridgehead atoms. The second-order valence-electron chi connectivity index (χ2n) is 3.41.